The molecule has 0 radical (unpaired) electrons. The lowest BCUT2D eigenvalue weighted by molar-refractivity contribution is -0.235. The van der Waals surface area contributed by atoms with Crippen LogP contribution in [-0.4, -0.2) is 77.8 Å². The SMILES string of the molecule is O=C(O)CN(CC(=O)O)C(=O)COCC(CC(F)(F)F)(CC(F)(F)F)CC(F)(F)F. The smallest absolute Gasteiger partial charge is 0.389 e. The monoisotopic (exact) mass is 465 g/mol. The molecule has 0 aromatic rings. The summed E-state index contributed by atoms with van der Waals surface area (Å²) < 4.78 is 119. The second-order valence-electron chi connectivity index (χ2n) is 6.41. The van der Waals surface area contributed by atoms with Crippen LogP contribution in [0.15, 0.2) is 0 Å². The highest BCUT2D eigenvalue weighted by atomic mass is 19.4. The van der Waals surface area contributed by atoms with Crippen molar-refractivity contribution in [2.45, 2.75) is 37.8 Å². The highest BCUT2D eigenvalue weighted by Gasteiger charge is 2.54. The van der Waals surface area contributed by atoms with Crippen LogP contribution in [0.25, 0.3) is 0 Å². The maximum Gasteiger partial charge on any atom is 0.389 e. The van der Waals surface area contributed by atoms with E-state index in [9.17, 15) is 53.9 Å². The summed E-state index contributed by atoms with van der Waals surface area (Å²) in [5.74, 6) is -4.88. The molecule has 0 aliphatic carbocycles. The number of carbonyl (C=O) groups excluding carboxylic acids is 1. The second-order valence-corrected chi connectivity index (χ2v) is 6.41. The van der Waals surface area contributed by atoms with E-state index < -0.39 is 87.4 Å². The topological polar surface area (TPSA) is 104 Å². The van der Waals surface area contributed by atoms with Gasteiger partial charge in [0.1, 0.15) is 19.7 Å². The lowest BCUT2D eigenvalue weighted by Crippen LogP contribution is -2.44. The number of aliphatic carboxylic acids is 2. The van der Waals surface area contributed by atoms with E-state index in [1.54, 1.807) is 0 Å². The first-order valence-corrected chi connectivity index (χ1v) is 7.73. The molecule has 0 aromatic heterocycles. The minimum atomic E-state index is -5.44. The Bertz CT molecular complexity index is 558. The van der Waals surface area contributed by atoms with Gasteiger partial charge in [0.2, 0.25) is 5.91 Å². The van der Waals surface area contributed by atoms with Crippen LogP contribution < -0.4 is 0 Å². The summed E-state index contributed by atoms with van der Waals surface area (Å²) in [7, 11) is 0. The molecule has 0 unspecified atom stereocenters. The van der Waals surface area contributed by atoms with Gasteiger partial charge in [0.15, 0.2) is 0 Å². The van der Waals surface area contributed by atoms with Crippen LogP contribution in [0.5, 0.6) is 0 Å². The van der Waals surface area contributed by atoms with Gasteiger partial charge in [-0.3, -0.25) is 14.4 Å². The fourth-order valence-electron chi connectivity index (χ4n) is 2.62. The molecular formula is C14H16F9NO6. The fraction of sp³-hybridized carbons (Fsp3) is 0.786. The van der Waals surface area contributed by atoms with Crippen LogP contribution in [0.3, 0.4) is 0 Å². The zero-order valence-electron chi connectivity index (χ0n) is 14.8. The summed E-state index contributed by atoms with van der Waals surface area (Å²) in [6.07, 6.45) is -23.9. The summed E-state index contributed by atoms with van der Waals surface area (Å²) in [5.41, 5.74) is -3.54. The van der Waals surface area contributed by atoms with Gasteiger partial charge in [-0.1, -0.05) is 0 Å². The van der Waals surface area contributed by atoms with Crippen LogP contribution in [0.2, 0.25) is 0 Å². The first-order valence-electron chi connectivity index (χ1n) is 7.73. The summed E-state index contributed by atoms with van der Waals surface area (Å²) in [6, 6.07) is 0. The largest absolute Gasteiger partial charge is 0.480 e. The number of hydrogen-bond donors (Lipinski definition) is 2. The lowest BCUT2D eigenvalue weighted by Gasteiger charge is -2.35. The van der Waals surface area contributed by atoms with Crippen molar-refractivity contribution >= 4 is 17.8 Å². The molecule has 0 aliphatic rings. The number of ether oxygens (including phenoxy) is 1. The van der Waals surface area contributed by atoms with Gasteiger partial charge in [0, 0.05) is 5.41 Å². The zero-order chi connectivity index (χ0) is 24.0. The molecule has 0 aromatic carbocycles. The van der Waals surface area contributed by atoms with Crippen molar-refractivity contribution in [1.82, 2.24) is 4.90 Å². The molecule has 0 spiro atoms. The van der Waals surface area contributed by atoms with E-state index in [-0.39, 0.29) is 4.90 Å². The molecule has 0 heterocycles. The quantitative estimate of drug-likeness (QED) is 0.455. The summed E-state index contributed by atoms with van der Waals surface area (Å²) in [5, 5.41) is 17.2. The van der Waals surface area contributed by atoms with Gasteiger partial charge in [-0.05, 0) is 0 Å². The minimum Gasteiger partial charge on any atom is -0.480 e. The number of rotatable bonds is 11. The molecule has 7 nitrogen and oxygen atoms in total. The molecule has 16 heteroatoms. The number of amides is 1. The Labute approximate surface area is 162 Å². The van der Waals surface area contributed by atoms with E-state index in [0.29, 0.717) is 0 Å². The highest BCUT2D eigenvalue weighted by Crippen LogP contribution is 2.48. The Morgan fingerprint density at radius 3 is 1.30 bits per heavy atom. The highest BCUT2D eigenvalue weighted by molar-refractivity contribution is 5.85. The summed E-state index contributed by atoms with van der Waals surface area (Å²) in [6.45, 7) is -5.64. The van der Waals surface area contributed by atoms with Crippen LogP contribution in [0.4, 0.5) is 39.5 Å². The third-order valence-electron chi connectivity index (χ3n) is 3.37. The van der Waals surface area contributed by atoms with Crippen LogP contribution in [0, 0.1) is 5.41 Å². The van der Waals surface area contributed by atoms with Gasteiger partial charge in [-0.2, -0.15) is 39.5 Å². The Hall–Kier alpha value is -2.26. The predicted octanol–water partition coefficient (Wildman–Crippen LogP) is 2.84. The molecule has 1 amide bonds. The van der Waals surface area contributed by atoms with Gasteiger partial charge in [-0.15, -0.1) is 0 Å². The van der Waals surface area contributed by atoms with E-state index in [1.165, 1.54) is 0 Å². The average Bonchev–Trinajstić information content (AvgIpc) is 2.38. The third-order valence-corrected chi connectivity index (χ3v) is 3.37. The van der Waals surface area contributed by atoms with Crippen molar-refractivity contribution in [3.8, 4) is 0 Å². The van der Waals surface area contributed by atoms with E-state index in [1.807, 2.05) is 0 Å². The number of carboxylic acid groups (broad SMARTS) is 2. The van der Waals surface area contributed by atoms with Gasteiger partial charge in [-0.25, -0.2) is 0 Å². The average molecular weight is 465 g/mol. The second kappa shape index (κ2) is 10.2. The summed E-state index contributed by atoms with van der Waals surface area (Å²) in [4.78, 5) is 33.1. The molecule has 0 aliphatic heterocycles. The fourth-order valence-corrected chi connectivity index (χ4v) is 2.62. The van der Waals surface area contributed by atoms with Crippen molar-refractivity contribution in [3.05, 3.63) is 0 Å². The molecule has 0 rings (SSSR count). The van der Waals surface area contributed by atoms with E-state index in [2.05, 4.69) is 4.74 Å². The van der Waals surface area contributed by atoms with Gasteiger partial charge in [0.25, 0.3) is 0 Å². The van der Waals surface area contributed by atoms with Crippen molar-refractivity contribution in [2.24, 2.45) is 5.41 Å². The Morgan fingerprint density at radius 2 is 1.03 bits per heavy atom. The molecule has 0 fully saturated rings. The summed E-state index contributed by atoms with van der Waals surface area (Å²) >= 11 is 0. The molecule has 0 saturated carbocycles. The normalized spacial score (nSPS) is 13.2. The molecule has 0 saturated heterocycles. The van der Waals surface area contributed by atoms with Crippen molar-refractivity contribution < 1.29 is 68.8 Å². The van der Waals surface area contributed by atoms with Crippen LogP contribution in [0.1, 0.15) is 19.3 Å². The predicted molar refractivity (Wildman–Crippen MR) is 77.1 cm³/mol. The number of halogens is 9. The Morgan fingerprint density at radius 1 is 0.700 bits per heavy atom. The maximum absolute atomic E-state index is 12.7. The number of nitrogens with zero attached hydrogens (tertiary/aromatic N) is 1. The molecule has 30 heavy (non-hydrogen) atoms. The van der Waals surface area contributed by atoms with Crippen molar-refractivity contribution in [2.75, 3.05) is 26.3 Å². The van der Waals surface area contributed by atoms with E-state index in [4.69, 9.17) is 10.2 Å². The molecule has 0 bridgehead atoms. The molecule has 0 atom stereocenters. The van der Waals surface area contributed by atoms with Crippen LogP contribution >= 0.6 is 0 Å². The van der Waals surface area contributed by atoms with E-state index >= 15 is 0 Å². The lowest BCUT2D eigenvalue weighted by atomic mass is 9.78. The Balaban J connectivity index is 5.54. The van der Waals surface area contributed by atoms with Crippen LogP contribution in [-0.2, 0) is 19.1 Å². The Kier molecular flexibility index (Phi) is 9.40. The van der Waals surface area contributed by atoms with Gasteiger partial charge < -0.3 is 19.8 Å². The number of carboxylic acids is 2. The number of carbonyl (C=O) groups is 3. The molecular weight excluding hydrogens is 449 g/mol. The maximum atomic E-state index is 12.7. The number of hydrogen-bond acceptors (Lipinski definition) is 4. The zero-order valence-corrected chi connectivity index (χ0v) is 14.8. The molecule has 176 valence electrons. The number of alkyl halides is 9. The van der Waals surface area contributed by atoms with Gasteiger partial charge in [0.05, 0.1) is 25.9 Å². The third kappa shape index (κ3) is 13.1. The first-order chi connectivity index (χ1) is 13.2. The van der Waals surface area contributed by atoms with Gasteiger partial charge >= 0.3 is 30.5 Å². The standard InChI is InChI=1S/C14H16F9NO6/c15-12(16,17)4-11(5-13(18,19)20,6-14(21,22)23)7-30-3-8(25)24(1-9(26)27)2-10(28)29/h1-7H2,(H,26,27)(H,28,29). The first kappa shape index (κ1) is 27.7. The minimum absolute atomic E-state index is 0.129. The van der Waals surface area contributed by atoms with Crippen molar-refractivity contribution in [1.29, 1.82) is 0 Å². The van der Waals surface area contributed by atoms with E-state index in [0.717, 1.165) is 0 Å². The molecule has 2 N–H and O–H groups in total. The van der Waals surface area contributed by atoms with Crippen molar-refractivity contribution in [3.63, 3.8) is 0 Å².